The topological polar surface area (TPSA) is 68.2 Å². The fourth-order valence-electron chi connectivity index (χ4n) is 3.08. The minimum absolute atomic E-state index is 0.0711. The van der Waals surface area contributed by atoms with E-state index in [1.807, 2.05) is 49.6 Å². The maximum Gasteiger partial charge on any atom is 0.247 e. The van der Waals surface area contributed by atoms with Crippen LogP contribution in [0.25, 0.3) is 11.3 Å². The van der Waals surface area contributed by atoms with Crippen molar-refractivity contribution in [2.45, 2.75) is 24.7 Å². The van der Waals surface area contributed by atoms with Gasteiger partial charge in [-0.1, -0.05) is 60.6 Å². The number of ether oxygens (including phenoxy) is 1. The van der Waals surface area contributed by atoms with Crippen LogP contribution >= 0.6 is 23.4 Å². The molecular formula is C20H17ClN4O2S. The molecule has 2 aromatic carbocycles. The maximum atomic E-state index is 13.0. The number of halogens is 1. The molecule has 0 N–H and O–H groups in total. The fraction of sp³-hybridized carbons (Fsp3) is 0.200. The number of hydrogen-bond acceptors (Lipinski definition) is 6. The van der Waals surface area contributed by atoms with E-state index in [-0.39, 0.29) is 5.91 Å². The third-order valence-electron chi connectivity index (χ3n) is 4.42. The predicted octanol–water partition coefficient (Wildman–Crippen LogP) is 4.75. The number of hydrogen-bond donors (Lipinski definition) is 0. The summed E-state index contributed by atoms with van der Waals surface area (Å²) in [6.45, 7) is 1.83. The Balaban J connectivity index is 1.96. The molecule has 28 heavy (non-hydrogen) atoms. The van der Waals surface area contributed by atoms with Crippen molar-refractivity contribution in [3.05, 3.63) is 59.1 Å². The second-order valence-corrected chi connectivity index (χ2v) is 7.32. The molecule has 8 heteroatoms. The van der Waals surface area contributed by atoms with Crippen molar-refractivity contribution in [1.29, 1.82) is 0 Å². The molecule has 2 heterocycles. The van der Waals surface area contributed by atoms with Crippen molar-refractivity contribution in [2.75, 3.05) is 11.2 Å². The zero-order valence-electron chi connectivity index (χ0n) is 15.3. The first-order valence-electron chi connectivity index (χ1n) is 8.74. The highest BCUT2D eigenvalue weighted by molar-refractivity contribution is 7.98. The Morgan fingerprint density at radius 3 is 2.64 bits per heavy atom. The summed E-state index contributed by atoms with van der Waals surface area (Å²) in [5.41, 5.74) is 2.77. The first-order chi connectivity index (χ1) is 13.6. The molecule has 0 radical (unpaired) electrons. The van der Waals surface area contributed by atoms with E-state index < -0.39 is 6.23 Å². The van der Waals surface area contributed by atoms with Crippen LogP contribution in [0.5, 0.6) is 5.88 Å². The Bertz CT molecular complexity index is 1030. The Kier molecular flexibility index (Phi) is 5.19. The third kappa shape index (κ3) is 3.31. The van der Waals surface area contributed by atoms with E-state index in [4.69, 9.17) is 16.3 Å². The average molecular weight is 413 g/mol. The summed E-state index contributed by atoms with van der Waals surface area (Å²) >= 11 is 7.43. The fourth-order valence-corrected chi connectivity index (χ4v) is 3.51. The first kappa shape index (κ1) is 18.7. The van der Waals surface area contributed by atoms with Crippen LogP contribution in [0.4, 0.5) is 5.69 Å². The van der Waals surface area contributed by atoms with Crippen molar-refractivity contribution in [2.24, 2.45) is 0 Å². The minimum atomic E-state index is -0.696. The lowest BCUT2D eigenvalue weighted by Gasteiger charge is -2.30. The van der Waals surface area contributed by atoms with Gasteiger partial charge in [0.2, 0.25) is 23.2 Å². The summed E-state index contributed by atoms with van der Waals surface area (Å²) < 4.78 is 6.28. The van der Waals surface area contributed by atoms with Gasteiger partial charge in [0, 0.05) is 22.6 Å². The molecule has 6 nitrogen and oxygen atoms in total. The van der Waals surface area contributed by atoms with Crippen LogP contribution in [-0.2, 0) is 4.79 Å². The zero-order valence-corrected chi connectivity index (χ0v) is 16.9. The van der Waals surface area contributed by atoms with Crippen LogP contribution in [0.1, 0.15) is 25.1 Å². The van der Waals surface area contributed by atoms with Gasteiger partial charge in [-0.25, -0.2) is 0 Å². The highest BCUT2D eigenvalue weighted by atomic mass is 35.5. The third-order valence-corrected chi connectivity index (χ3v) is 5.21. The van der Waals surface area contributed by atoms with Gasteiger partial charge in [0.15, 0.2) is 5.69 Å². The van der Waals surface area contributed by atoms with Gasteiger partial charge in [-0.05, 0) is 24.5 Å². The van der Waals surface area contributed by atoms with Gasteiger partial charge in [-0.15, -0.1) is 10.2 Å². The van der Waals surface area contributed by atoms with Crippen LogP contribution in [-0.4, -0.2) is 27.3 Å². The number of nitrogens with zero attached hydrogens (tertiary/aromatic N) is 4. The lowest BCUT2D eigenvalue weighted by atomic mass is 10.1. The maximum absolute atomic E-state index is 13.0. The first-order valence-corrected chi connectivity index (χ1v) is 10.3. The molecule has 1 amide bonds. The molecule has 1 aliphatic heterocycles. The number of para-hydroxylation sites is 1. The molecule has 0 aliphatic carbocycles. The van der Waals surface area contributed by atoms with Gasteiger partial charge in [0.25, 0.3) is 0 Å². The largest absolute Gasteiger partial charge is 0.447 e. The van der Waals surface area contributed by atoms with Crippen LogP contribution < -0.4 is 9.64 Å². The summed E-state index contributed by atoms with van der Waals surface area (Å²) in [5, 5.41) is 9.60. The van der Waals surface area contributed by atoms with Gasteiger partial charge in [-0.2, -0.15) is 4.98 Å². The Labute approximate surface area is 171 Å². The molecular weight excluding hydrogens is 396 g/mol. The molecule has 0 bridgehead atoms. The van der Waals surface area contributed by atoms with Crippen molar-refractivity contribution >= 4 is 35.0 Å². The smallest absolute Gasteiger partial charge is 0.247 e. The van der Waals surface area contributed by atoms with Crippen LogP contribution in [0, 0.1) is 0 Å². The number of rotatable bonds is 3. The lowest BCUT2D eigenvalue weighted by Crippen LogP contribution is -2.37. The SMILES string of the molecule is CCC(=O)N1c2ccccc2-c2nnc(SC)nc2O[C@H]1c1ccc(Cl)cc1. The van der Waals surface area contributed by atoms with E-state index in [0.29, 0.717) is 33.9 Å². The van der Waals surface area contributed by atoms with E-state index in [9.17, 15) is 4.79 Å². The Hall–Kier alpha value is -2.64. The standard InChI is InChI=1S/C20H17ClN4O2S/c1-3-16(26)25-15-7-5-4-6-14(15)17-18(22-20(28-2)24-23-17)27-19(25)12-8-10-13(21)11-9-12/h4-11,19H,3H2,1-2H3/t19-/m0/s1. The molecule has 3 aromatic rings. The Morgan fingerprint density at radius 2 is 1.93 bits per heavy atom. The van der Waals surface area contributed by atoms with E-state index in [2.05, 4.69) is 15.2 Å². The molecule has 1 atom stereocenters. The van der Waals surface area contributed by atoms with E-state index in [0.717, 1.165) is 11.1 Å². The summed E-state index contributed by atoms with van der Waals surface area (Å²) in [6.07, 6.45) is 1.50. The summed E-state index contributed by atoms with van der Waals surface area (Å²) in [4.78, 5) is 19.1. The monoisotopic (exact) mass is 412 g/mol. The number of thioether (sulfide) groups is 1. The lowest BCUT2D eigenvalue weighted by molar-refractivity contribution is -0.120. The summed E-state index contributed by atoms with van der Waals surface area (Å²) in [6, 6.07) is 14.8. The number of carbonyl (C=O) groups is 1. The molecule has 0 saturated heterocycles. The van der Waals surface area contributed by atoms with Crippen molar-refractivity contribution in [3.8, 4) is 17.1 Å². The van der Waals surface area contributed by atoms with Gasteiger partial charge in [-0.3, -0.25) is 9.69 Å². The summed E-state index contributed by atoms with van der Waals surface area (Å²) in [5.74, 6) is 0.274. The van der Waals surface area contributed by atoms with Gasteiger partial charge in [0.05, 0.1) is 5.69 Å². The van der Waals surface area contributed by atoms with Gasteiger partial charge >= 0.3 is 0 Å². The van der Waals surface area contributed by atoms with Crippen molar-refractivity contribution < 1.29 is 9.53 Å². The second kappa shape index (κ2) is 7.77. The number of carbonyl (C=O) groups excluding carboxylic acids is 1. The molecule has 0 fully saturated rings. The highest BCUT2D eigenvalue weighted by Crippen LogP contribution is 2.43. The molecule has 142 valence electrons. The van der Waals surface area contributed by atoms with Crippen molar-refractivity contribution in [3.63, 3.8) is 0 Å². The van der Waals surface area contributed by atoms with Crippen LogP contribution in [0.15, 0.2) is 53.7 Å². The number of fused-ring (bicyclic) bond motifs is 3. The summed E-state index contributed by atoms with van der Waals surface area (Å²) in [7, 11) is 0. The molecule has 0 spiro atoms. The molecule has 4 rings (SSSR count). The second-order valence-electron chi connectivity index (χ2n) is 6.11. The number of anilines is 1. The van der Waals surface area contributed by atoms with Gasteiger partial charge in [0.1, 0.15) is 0 Å². The number of amides is 1. The van der Waals surface area contributed by atoms with E-state index in [1.165, 1.54) is 11.8 Å². The minimum Gasteiger partial charge on any atom is -0.447 e. The average Bonchev–Trinajstić information content (AvgIpc) is 2.88. The quantitative estimate of drug-likeness (QED) is 0.578. The molecule has 0 saturated carbocycles. The van der Waals surface area contributed by atoms with Crippen molar-refractivity contribution in [1.82, 2.24) is 15.2 Å². The highest BCUT2D eigenvalue weighted by Gasteiger charge is 2.35. The van der Waals surface area contributed by atoms with Crippen LogP contribution in [0.3, 0.4) is 0 Å². The molecule has 1 aromatic heterocycles. The number of benzene rings is 2. The van der Waals surface area contributed by atoms with E-state index >= 15 is 0 Å². The molecule has 1 aliphatic rings. The van der Waals surface area contributed by atoms with E-state index in [1.54, 1.807) is 17.0 Å². The zero-order chi connectivity index (χ0) is 19.7. The number of aromatic nitrogens is 3. The predicted molar refractivity (Wildman–Crippen MR) is 110 cm³/mol. The normalized spacial score (nSPS) is 15.2. The van der Waals surface area contributed by atoms with Gasteiger partial charge < -0.3 is 4.74 Å². The van der Waals surface area contributed by atoms with Crippen LogP contribution in [0.2, 0.25) is 5.02 Å². The Morgan fingerprint density at radius 1 is 1.18 bits per heavy atom. The molecule has 0 unspecified atom stereocenters.